The van der Waals surface area contributed by atoms with Crippen molar-refractivity contribution in [1.82, 2.24) is 19.0 Å². The second-order valence-electron chi connectivity index (χ2n) is 8.09. The Morgan fingerprint density at radius 2 is 1.91 bits per heavy atom. The number of rotatable bonds is 12. The molecule has 1 amide bonds. The Morgan fingerprint density at radius 1 is 1.12 bits per heavy atom. The number of aryl methyl sites for hydroxylation is 1. The van der Waals surface area contributed by atoms with Crippen molar-refractivity contribution in [3.05, 3.63) is 58.4 Å². The van der Waals surface area contributed by atoms with E-state index in [1.807, 2.05) is 41.3 Å². The molecule has 0 saturated heterocycles. The van der Waals surface area contributed by atoms with Crippen LogP contribution in [0.25, 0.3) is 11.0 Å². The Hall–Kier alpha value is -2.62. The summed E-state index contributed by atoms with van der Waals surface area (Å²) in [6.45, 7) is 7.20. The lowest BCUT2D eigenvalue weighted by atomic mass is 10.1. The van der Waals surface area contributed by atoms with E-state index in [9.17, 15) is 13.2 Å². The van der Waals surface area contributed by atoms with Gasteiger partial charge in [0.25, 0.3) is 5.91 Å². The second-order valence-corrected chi connectivity index (χ2v) is 9.99. The molecule has 34 heavy (non-hydrogen) atoms. The fourth-order valence-corrected chi connectivity index (χ4v) is 4.63. The van der Waals surface area contributed by atoms with Gasteiger partial charge in [-0.2, -0.15) is 13.1 Å². The molecule has 0 spiro atoms. The Balaban J connectivity index is 1.81. The van der Waals surface area contributed by atoms with E-state index < -0.39 is 16.1 Å². The number of nitrogens with zero attached hydrogens (tertiary/aromatic N) is 2. The molecule has 0 aliphatic rings. The van der Waals surface area contributed by atoms with Gasteiger partial charge in [-0.25, -0.2) is 9.71 Å². The zero-order chi connectivity index (χ0) is 24.7. The maximum absolute atomic E-state index is 12.6. The van der Waals surface area contributed by atoms with Gasteiger partial charge in [-0.3, -0.25) is 4.79 Å². The molecule has 0 aliphatic carbocycles. The van der Waals surface area contributed by atoms with Gasteiger partial charge in [0.2, 0.25) is 0 Å². The van der Waals surface area contributed by atoms with Gasteiger partial charge >= 0.3 is 10.2 Å². The number of fused-ring (bicyclic) bond motifs is 1. The van der Waals surface area contributed by atoms with Crippen LogP contribution in [0.2, 0.25) is 5.02 Å². The highest BCUT2D eigenvalue weighted by atomic mass is 35.5. The monoisotopic (exact) mass is 506 g/mol. The summed E-state index contributed by atoms with van der Waals surface area (Å²) in [5, 5.41) is 0.580. The van der Waals surface area contributed by atoms with Crippen LogP contribution in [0, 0.1) is 6.92 Å². The minimum atomic E-state index is -3.92. The third kappa shape index (κ3) is 6.71. The molecule has 0 fully saturated rings. The number of ether oxygens (including phenoxy) is 1. The number of carbonyl (C=O) groups excluding carboxylic acids is 1. The van der Waals surface area contributed by atoms with E-state index >= 15 is 0 Å². The highest BCUT2D eigenvalue weighted by Crippen LogP contribution is 2.26. The summed E-state index contributed by atoms with van der Waals surface area (Å²) >= 11 is 6.53. The van der Waals surface area contributed by atoms with Gasteiger partial charge in [-0.05, 0) is 55.7 Å². The minimum absolute atomic E-state index is 0.220. The number of amides is 1. The quantitative estimate of drug-likeness (QED) is 0.350. The van der Waals surface area contributed by atoms with Gasteiger partial charge in [-0.1, -0.05) is 44.4 Å². The predicted molar refractivity (Wildman–Crippen MR) is 135 cm³/mol. The summed E-state index contributed by atoms with van der Waals surface area (Å²) < 4.78 is 36.1. The summed E-state index contributed by atoms with van der Waals surface area (Å²) in [4.78, 5) is 17.1. The van der Waals surface area contributed by atoms with Crippen LogP contribution in [0.1, 0.15) is 61.3 Å². The molecule has 1 aromatic heterocycles. The van der Waals surface area contributed by atoms with Gasteiger partial charge in [0.05, 0.1) is 24.2 Å². The van der Waals surface area contributed by atoms with Crippen LogP contribution in [0.4, 0.5) is 0 Å². The van der Waals surface area contributed by atoms with E-state index in [1.54, 1.807) is 18.2 Å². The highest BCUT2D eigenvalue weighted by molar-refractivity contribution is 7.88. The standard InChI is InChI=1S/C24H31ClN4O4S/c1-4-6-7-13-33-20-10-8-19(21(25)15-20)16-29-17(3)27-22-11-9-18(14-23(22)29)24(30)28-34(31,32)26-12-5-2/h8-11,14-15,26H,4-7,12-13,16H2,1-3H3,(H,28,30). The van der Waals surface area contributed by atoms with Crippen LogP contribution >= 0.6 is 11.6 Å². The van der Waals surface area contributed by atoms with Crippen molar-refractivity contribution >= 4 is 38.8 Å². The molecule has 0 bridgehead atoms. The number of halogens is 1. The fourth-order valence-electron chi connectivity index (χ4n) is 3.50. The van der Waals surface area contributed by atoms with E-state index in [0.29, 0.717) is 35.6 Å². The van der Waals surface area contributed by atoms with Crippen molar-refractivity contribution in [1.29, 1.82) is 0 Å². The zero-order valence-corrected chi connectivity index (χ0v) is 21.3. The average Bonchev–Trinajstić information content (AvgIpc) is 3.11. The van der Waals surface area contributed by atoms with Gasteiger partial charge in [0.15, 0.2) is 0 Å². The number of hydrogen-bond donors (Lipinski definition) is 2. The molecule has 2 N–H and O–H groups in total. The number of unbranched alkanes of at least 4 members (excludes halogenated alkanes) is 2. The summed E-state index contributed by atoms with van der Waals surface area (Å²) in [6.07, 6.45) is 3.88. The van der Waals surface area contributed by atoms with Crippen LogP contribution in [0.5, 0.6) is 5.75 Å². The van der Waals surface area contributed by atoms with E-state index in [0.717, 1.165) is 36.4 Å². The first-order chi connectivity index (χ1) is 16.2. The zero-order valence-electron chi connectivity index (χ0n) is 19.7. The molecule has 10 heteroatoms. The third-order valence-electron chi connectivity index (χ3n) is 5.34. The third-order valence-corrected chi connectivity index (χ3v) is 6.73. The molecule has 2 aromatic carbocycles. The molecule has 0 atom stereocenters. The lowest BCUT2D eigenvalue weighted by Gasteiger charge is -2.12. The first-order valence-electron chi connectivity index (χ1n) is 11.4. The van der Waals surface area contributed by atoms with Crippen molar-refractivity contribution in [3.63, 3.8) is 0 Å². The molecule has 3 aromatic rings. The van der Waals surface area contributed by atoms with Gasteiger partial charge in [0, 0.05) is 17.1 Å². The molecular formula is C24H31ClN4O4S. The van der Waals surface area contributed by atoms with Crippen LogP contribution in [-0.2, 0) is 16.8 Å². The number of carbonyl (C=O) groups is 1. The van der Waals surface area contributed by atoms with Crippen LogP contribution in [0.15, 0.2) is 36.4 Å². The smallest absolute Gasteiger partial charge is 0.301 e. The molecule has 0 radical (unpaired) electrons. The number of nitrogens with one attached hydrogen (secondary N) is 2. The lowest BCUT2D eigenvalue weighted by molar-refractivity contribution is 0.0981. The summed E-state index contributed by atoms with van der Waals surface area (Å²) in [5.41, 5.74) is 2.51. The van der Waals surface area contributed by atoms with Crippen LogP contribution in [-0.4, -0.2) is 37.0 Å². The molecule has 0 unspecified atom stereocenters. The van der Waals surface area contributed by atoms with Crippen molar-refractivity contribution in [2.24, 2.45) is 0 Å². The molecule has 3 rings (SSSR count). The second kappa shape index (κ2) is 11.7. The molecular weight excluding hydrogens is 476 g/mol. The first kappa shape index (κ1) is 26.0. The number of aromatic nitrogens is 2. The van der Waals surface area contributed by atoms with Crippen molar-refractivity contribution in [2.75, 3.05) is 13.2 Å². The molecule has 8 nitrogen and oxygen atoms in total. The van der Waals surface area contributed by atoms with Gasteiger partial charge in [0.1, 0.15) is 11.6 Å². The normalized spacial score (nSPS) is 11.6. The Bertz CT molecular complexity index is 1260. The lowest BCUT2D eigenvalue weighted by Crippen LogP contribution is -2.40. The van der Waals surface area contributed by atoms with E-state index in [1.165, 1.54) is 0 Å². The number of benzene rings is 2. The molecule has 0 aliphatic heterocycles. The molecule has 1 heterocycles. The van der Waals surface area contributed by atoms with Crippen molar-refractivity contribution < 1.29 is 17.9 Å². The Labute approximate surface area is 205 Å². The maximum atomic E-state index is 12.6. The fraction of sp³-hybridized carbons (Fsp3) is 0.417. The summed E-state index contributed by atoms with van der Waals surface area (Å²) in [6, 6.07) is 10.5. The summed E-state index contributed by atoms with van der Waals surface area (Å²) in [5.74, 6) is 0.771. The first-order valence-corrected chi connectivity index (χ1v) is 13.3. The van der Waals surface area contributed by atoms with Crippen LogP contribution in [0.3, 0.4) is 0 Å². The van der Waals surface area contributed by atoms with Gasteiger partial charge < -0.3 is 9.30 Å². The van der Waals surface area contributed by atoms with Crippen LogP contribution < -0.4 is 14.2 Å². The van der Waals surface area contributed by atoms with Gasteiger partial charge in [-0.15, -0.1) is 0 Å². The van der Waals surface area contributed by atoms with Crippen molar-refractivity contribution in [2.45, 2.75) is 53.0 Å². The highest BCUT2D eigenvalue weighted by Gasteiger charge is 2.17. The van der Waals surface area contributed by atoms with E-state index in [-0.39, 0.29) is 12.1 Å². The topological polar surface area (TPSA) is 102 Å². The predicted octanol–water partition coefficient (Wildman–Crippen LogP) is 4.59. The molecule has 184 valence electrons. The Kier molecular flexibility index (Phi) is 8.93. The minimum Gasteiger partial charge on any atom is -0.494 e. The Morgan fingerprint density at radius 3 is 2.62 bits per heavy atom. The number of imidazole rings is 1. The summed E-state index contributed by atoms with van der Waals surface area (Å²) in [7, 11) is -3.92. The average molecular weight is 507 g/mol. The van der Waals surface area contributed by atoms with E-state index in [2.05, 4.69) is 16.6 Å². The van der Waals surface area contributed by atoms with E-state index in [4.69, 9.17) is 16.3 Å². The largest absolute Gasteiger partial charge is 0.494 e. The maximum Gasteiger partial charge on any atom is 0.301 e. The van der Waals surface area contributed by atoms with Crippen molar-refractivity contribution in [3.8, 4) is 5.75 Å². The SMILES string of the molecule is CCCCCOc1ccc(Cn2c(C)nc3ccc(C(=O)NS(=O)(=O)NCCC)cc32)c(Cl)c1. The number of hydrogen-bond acceptors (Lipinski definition) is 5. The molecule has 0 saturated carbocycles.